The normalized spacial score (nSPS) is 11.6. The van der Waals surface area contributed by atoms with Gasteiger partial charge < -0.3 is 4.42 Å². The molecule has 5 nitrogen and oxygen atoms in total. The third-order valence-electron chi connectivity index (χ3n) is 8.34. The Kier molecular flexibility index (Phi) is 5.74. The summed E-state index contributed by atoms with van der Waals surface area (Å²) >= 11 is 0. The minimum atomic E-state index is 0.556. The molecule has 3 aromatic heterocycles. The van der Waals surface area contributed by atoms with Gasteiger partial charge in [0.25, 0.3) is 0 Å². The molecule has 0 aliphatic carbocycles. The maximum atomic E-state index is 6.57. The molecule has 0 aliphatic heterocycles. The second kappa shape index (κ2) is 10.2. The van der Waals surface area contributed by atoms with Crippen LogP contribution in [0.3, 0.4) is 0 Å². The molecule has 0 atom stereocenters. The van der Waals surface area contributed by atoms with Crippen molar-refractivity contribution in [2.45, 2.75) is 0 Å². The molecule has 0 saturated carbocycles. The quantitative estimate of drug-likeness (QED) is 0.195. The molecule has 0 aliphatic rings. The van der Waals surface area contributed by atoms with Gasteiger partial charge in [0.15, 0.2) is 17.5 Å². The molecule has 3 heterocycles. The lowest BCUT2D eigenvalue weighted by molar-refractivity contribution is 0.669. The lowest BCUT2D eigenvalue weighted by Gasteiger charge is -2.13. The van der Waals surface area contributed by atoms with Crippen molar-refractivity contribution >= 4 is 43.6 Å². The highest BCUT2D eigenvalue weighted by atomic mass is 16.3. The van der Waals surface area contributed by atoms with Crippen molar-refractivity contribution in [3.8, 4) is 45.3 Å². The lowest BCUT2D eigenvalue weighted by atomic mass is 9.93. The summed E-state index contributed by atoms with van der Waals surface area (Å²) in [5.41, 5.74) is 7.37. The maximum Gasteiger partial charge on any atom is 0.167 e. The monoisotopic (exact) mass is 576 g/mol. The zero-order valence-corrected chi connectivity index (χ0v) is 24.1. The molecule has 0 saturated heterocycles. The molecule has 9 rings (SSSR count). The number of para-hydroxylation sites is 1. The van der Waals surface area contributed by atoms with Gasteiger partial charge in [0.1, 0.15) is 11.2 Å². The van der Waals surface area contributed by atoms with Gasteiger partial charge in [-0.15, -0.1) is 0 Å². The van der Waals surface area contributed by atoms with Crippen LogP contribution in [0.5, 0.6) is 0 Å². The summed E-state index contributed by atoms with van der Waals surface area (Å²) in [6.45, 7) is 0. The summed E-state index contributed by atoms with van der Waals surface area (Å²) in [7, 11) is 0. The average molecular weight is 577 g/mol. The minimum absolute atomic E-state index is 0.556. The largest absolute Gasteiger partial charge is 0.455 e. The van der Waals surface area contributed by atoms with Crippen LogP contribution in [0.4, 0.5) is 0 Å². The number of benzene rings is 6. The minimum Gasteiger partial charge on any atom is -0.455 e. The summed E-state index contributed by atoms with van der Waals surface area (Å²) in [5.74, 6) is 1.77. The predicted molar refractivity (Wildman–Crippen MR) is 182 cm³/mol. The molecule has 0 fully saturated rings. The Morgan fingerprint density at radius 1 is 0.422 bits per heavy atom. The van der Waals surface area contributed by atoms with Gasteiger partial charge in [0, 0.05) is 38.9 Å². The second-order valence-corrected chi connectivity index (χ2v) is 11.1. The number of aromatic nitrogens is 4. The van der Waals surface area contributed by atoms with E-state index in [-0.39, 0.29) is 0 Å². The van der Waals surface area contributed by atoms with Crippen LogP contribution < -0.4 is 0 Å². The highest BCUT2D eigenvalue weighted by Gasteiger charge is 2.20. The highest BCUT2D eigenvalue weighted by molar-refractivity contribution is 6.15. The van der Waals surface area contributed by atoms with Crippen LogP contribution in [0.2, 0.25) is 0 Å². The van der Waals surface area contributed by atoms with Gasteiger partial charge in [-0.3, -0.25) is 4.98 Å². The fourth-order valence-electron chi connectivity index (χ4n) is 6.23. The van der Waals surface area contributed by atoms with Crippen LogP contribution in [-0.4, -0.2) is 19.9 Å². The maximum absolute atomic E-state index is 6.57. The summed E-state index contributed by atoms with van der Waals surface area (Å²) < 4.78 is 6.57. The summed E-state index contributed by atoms with van der Waals surface area (Å²) in [6.07, 6.45) is 1.85. The Bertz CT molecular complexity index is 2480. The van der Waals surface area contributed by atoms with Crippen LogP contribution in [0.15, 0.2) is 150 Å². The van der Waals surface area contributed by atoms with Crippen molar-refractivity contribution in [3.63, 3.8) is 0 Å². The number of rotatable bonds is 4. The average Bonchev–Trinajstić information content (AvgIpc) is 3.50. The van der Waals surface area contributed by atoms with Crippen LogP contribution in [0.1, 0.15) is 0 Å². The van der Waals surface area contributed by atoms with Crippen LogP contribution in [-0.2, 0) is 0 Å². The molecular formula is C40H24N4O. The lowest BCUT2D eigenvalue weighted by Crippen LogP contribution is -2.00. The van der Waals surface area contributed by atoms with E-state index in [1.54, 1.807) is 0 Å². The molecule has 0 spiro atoms. The molecule has 0 bridgehead atoms. The van der Waals surface area contributed by atoms with Crippen LogP contribution in [0.25, 0.3) is 88.9 Å². The number of furan rings is 1. The van der Waals surface area contributed by atoms with E-state index in [0.717, 1.165) is 71.4 Å². The fourth-order valence-corrected chi connectivity index (χ4v) is 6.23. The molecule has 5 heteroatoms. The Labute approximate surface area is 258 Å². The second-order valence-electron chi connectivity index (χ2n) is 11.1. The smallest absolute Gasteiger partial charge is 0.167 e. The van der Waals surface area contributed by atoms with Crippen LogP contribution >= 0.6 is 0 Å². The third-order valence-corrected chi connectivity index (χ3v) is 8.34. The van der Waals surface area contributed by atoms with E-state index in [1.807, 2.05) is 91.1 Å². The first-order valence-electron chi connectivity index (χ1n) is 14.9. The fraction of sp³-hybridized carbons (Fsp3) is 0. The van der Waals surface area contributed by atoms with Gasteiger partial charge in [0.05, 0.1) is 11.1 Å². The summed E-state index contributed by atoms with van der Waals surface area (Å²) in [4.78, 5) is 19.8. The molecule has 0 unspecified atom stereocenters. The SMILES string of the molecule is c1ccc(-c2nc(-c3ccccc3)nc(-c3cc(-c4cc5cccnc5c5ccccc45)cc4c3oc3ccccc34)n2)cc1. The number of fused-ring (bicyclic) bond motifs is 6. The van der Waals surface area contributed by atoms with Crippen molar-refractivity contribution in [3.05, 3.63) is 146 Å². The molecule has 210 valence electrons. The van der Waals surface area contributed by atoms with E-state index < -0.39 is 0 Å². The Balaban J connectivity index is 1.38. The Morgan fingerprint density at radius 2 is 1.04 bits per heavy atom. The topological polar surface area (TPSA) is 64.7 Å². The van der Waals surface area contributed by atoms with Crippen LogP contribution in [0, 0.1) is 0 Å². The first-order chi connectivity index (χ1) is 22.3. The first-order valence-corrected chi connectivity index (χ1v) is 14.9. The van der Waals surface area contributed by atoms with Crippen molar-refractivity contribution in [1.82, 2.24) is 19.9 Å². The number of hydrogen-bond acceptors (Lipinski definition) is 5. The van der Waals surface area contributed by atoms with Crippen molar-refractivity contribution < 1.29 is 4.42 Å². The zero-order valence-electron chi connectivity index (χ0n) is 24.1. The first kappa shape index (κ1) is 25.3. The number of hydrogen-bond donors (Lipinski definition) is 0. The van der Waals surface area contributed by atoms with E-state index in [9.17, 15) is 0 Å². The van der Waals surface area contributed by atoms with Gasteiger partial charge >= 0.3 is 0 Å². The van der Waals surface area contributed by atoms with Gasteiger partial charge in [-0.05, 0) is 46.8 Å². The van der Waals surface area contributed by atoms with Gasteiger partial charge in [-0.1, -0.05) is 109 Å². The molecular weight excluding hydrogens is 552 g/mol. The van der Waals surface area contributed by atoms with Gasteiger partial charge in [0.2, 0.25) is 0 Å². The predicted octanol–water partition coefficient (Wildman–Crippen LogP) is 10.1. The van der Waals surface area contributed by atoms with Gasteiger partial charge in [-0.25, -0.2) is 15.0 Å². The molecule has 6 aromatic carbocycles. The Hall–Kier alpha value is -6.20. The molecule has 0 amide bonds. The van der Waals surface area contributed by atoms with E-state index in [0.29, 0.717) is 17.5 Å². The van der Waals surface area contributed by atoms with Crippen molar-refractivity contribution in [2.24, 2.45) is 0 Å². The van der Waals surface area contributed by atoms with Crippen molar-refractivity contribution in [2.75, 3.05) is 0 Å². The highest BCUT2D eigenvalue weighted by Crippen LogP contribution is 2.42. The molecule has 0 radical (unpaired) electrons. The standard InChI is InChI=1S/C40H24N4O/c1-3-12-25(13-4-1)38-42-39(26-14-5-2-6-15-26)44-40(43-38)34-24-28(23-33-30-18-9-10-20-35(30)45-37(33)34)32-22-27-16-11-21-41-36(27)31-19-8-7-17-29(31)32/h1-24H. The molecule has 0 N–H and O–H groups in total. The van der Waals surface area contributed by atoms with E-state index >= 15 is 0 Å². The van der Waals surface area contributed by atoms with E-state index in [2.05, 4.69) is 54.6 Å². The Morgan fingerprint density at radius 3 is 1.78 bits per heavy atom. The summed E-state index contributed by atoms with van der Waals surface area (Å²) in [5, 5.41) is 5.39. The molecule has 9 aromatic rings. The summed E-state index contributed by atoms with van der Waals surface area (Å²) in [6, 6.07) is 47.4. The van der Waals surface area contributed by atoms with E-state index in [1.165, 1.54) is 0 Å². The van der Waals surface area contributed by atoms with Gasteiger partial charge in [-0.2, -0.15) is 0 Å². The number of nitrogens with zero attached hydrogens (tertiary/aromatic N) is 4. The number of pyridine rings is 1. The van der Waals surface area contributed by atoms with Crippen molar-refractivity contribution in [1.29, 1.82) is 0 Å². The van der Waals surface area contributed by atoms with E-state index in [4.69, 9.17) is 24.4 Å². The zero-order chi connectivity index (χ0) is 29.7. The third kappa shape index (κ3) is 4.25. The molecule has 45 heavy (non-hydrogen) atoms.